The van der Waals surface area contributed by atoms with Gasteiger partial charge in [0.1, 0.15) is 0 Å². The van der Waals surface area contributed by atoms with Gasteiger partial charge in [-0.3, -0.25) is 10.9 Å². The summed E-state index contributed by atoms with van der Waals surface area (Å²) in [4.78, 5) is 0. The fourth-order valence-electron chi connectivity index (χ4n) is 3.07. The number of hydrazone groups is 2. The molecule has 0 radical (unpaired) electrons. The van der Waals surface area contributed by atoms with Crippen molar-refractivity contribution in [3.63, 3.8) is 0 Å². The van der Waals surface area contributed by atoms with Crippen LogP contribution < -0.4 is 10.9 Å². The molecule has 4 rings (SSSR count). The molecule has 0 unspecified atom stereocenters. The maximum absolute atomic E-state index is 5.23. The number of hydrogen-bond acceptors (Lipinski definition) is 3. The number of rotatable bonds is 4. The molecule has 4 nitrogen and oxygen atoms in total. The van der Waals surface area contributed by atoms with Crippen molar-refractivity contribution in [1.82, 2.24) is 10.9 Å². The van der Waals surface area contributed by atoms with Gasteiger partial charge in [0.05, 0.1) is 12.4 Å². The Morgan fingerprint density at radius 3 is 1.54 bits per heavy atom. The van der Waals surface area contributed by atoms with Crippen molar-refractivity contribution >= 4 is 51.3 Å². The van der Waals surface area contributed by atoms with Crippen molar-refractivity contribution in [3.8, 4) is 0 Å². The van der Waals surface area contributed by atoms with E-state index >= 15 is 0 Å². The van der Waals surface area contributed by atoms with Crippen LogP contribution >= 0.6 is 12.2 Å². The van der Waals surface area contributed by atoms with Gasteiger partial charge in [0.15, 0.2) is 0 Å². The average molecular weight is 382 g/mol. The molecular weight excluding hydrogens is 364 g/mol. The van der Waals surface area contributed by atoms with Gasteiger partial charge in [0, 0.05) is 11.1 Å². The first-order valence-electron chi connectivity index (χ1n) is 8.89. The van der Waals surface area contributed by atoms with Crippen LogP contribution in [0.4, 0.5) is 0 Å². The predicted molar refractivity (Wildman–Crippen MR) is 122 cm³/mol. The maximum atomic E-state index is 5.23. The van der Waals surface area contributed by atoms with Crippen LogP contribution in [-0.4, -0.2) is 17.5 Å². The zero-order valence-corrected chi connectivity index (χ0v) is 15.9. The minimum Gasteiger partial charge on any atom is -0.252 e. The molecule has 0 spiro atoms. The average Bonchev–Trinajstić information content (AvgIpc) is 2.74. The summed E-state index contributed by atoms with van der Waals surface area (Å²) in [5, 5.41) is 13.4. The number of benzene rings is 4. The van der Waals surface area contributed by atoms with E-state index in [1.807, 2.05) is 48.5 Å². The Balaban J connectivity index is 1.39. The minimum absolute atomic E-state index is 0.327. The van der Waals surface area contributed by atoms with Crippen molar-refractivity contribution < 1.29 is 0 Å². The normalized spacial score (nSPS) is 11.4. The highest BCUT2D eigenvalue weighted by Gasteiger charge is 1.98. The van der Waals surface area contributed by atoms with Crippen molar-refractivity contribution in [1.29, 1.82) is 0 Å². The molecular formula is C23H18N4S. The zero-order valence-electron chi connectivity index (χ0n) is 15.0. The fourth-order valence-corrected chi connectivity index (χ4v) is 3.18. The van der Waals surface area contributed by atoms with Crippen molar-refractivity contribution in [2.24, 2.45) is 10.2 Å². The topological polar surface area (TPSA) is 48.8 Å². The lowest BCUT2D eigenvalue weighted by Crippen LogP contribution is -2.28. The first kappa shape index (κ1) is 17.8. The summed E-state index contributed by atoms with van der Waals surface area (Å²) in [6, 6.07) is 28.6. The lowest BCUT2D eigenvalue weighted by Gasteiger charge is -2.04. The van der Waals surface area contributed by atoms with Crippen LogP contribution in [0.2, 0.25) is 0 Å². The summed E-state index contributed by atoms with van der Waals surface area (Å²) in [5.41, 5.74) is 7.63. The molecule has 0 amide bonds. The number of hydrogen-bond donors (Lipinski definition) is 2. The van der Waals surface area contributed by atoms with Gasteiger partial charge in [0.25, 0.3) is 0 Å². The molecule has 28 heavy (non-hydrogen) atoms. The van der Waals surface area contributed by atoms with E-state index in [4.69, 9.17) is 12.2 Å². The summed E-state index contributed by atoms with van der Waals surface area (Å²) in [6.07, 6.45) is 3.51. The quantitative estimate of drug-likeness (QED) is 0.302. The summed E-state index contributed by atoms with van der Waals surface area (Å²) in [7, 11) is 0. The monoisotopic (exact) mass is 382 g/mol. The molecule has 136 valence electrons. The maximum Gasteiger partial charge on any atom is 0.207 e. The Bertz CT molecular complexity index is 1090. The number of nitrogens with one attached hydrogen (secondary N) is 2. The Kier molecular flexibility index (Phi) is 5.36. The smallest absolute Gasteiger partial charge is 0.207 e. The Morgan fingerprint density at radius 1 is 0.607 bits per heavy atom. The zero-order chi connectivity index (χ0) is 19.2. The molecule has 0 aromatic heterocycles. The predicted octanol–water partition coefficient (Wildman–Crippen LogP) is 4.83. The minimum atomic E-state index is 0.327. The largest absolute Gasteiger partial charge is 0.252 e. The molecule has 0 saturated heterocycles. The third-order valence-corrected chi connectivity index (χ3v) is 4.57. The molecule has 0 fully saturated rings. The second-order valence-electron chi connectivity index (χ2n) is 6.21. The van der Waals surface area contributed by atoms with Gasteiger partial charge < -0.3 is 0 Å². The van der Waals surface area contributed by atoms with Gasteiger partial charge >= 0.3 is 0 Å². The van der Waals surface area contributed by atoms with Gasteiger partial charge in [0.2, 0.25) is 5.11 Å². The summed E-state index contributed by atoms with van der Waals surface area (Å²) < 4.78 is 0. The molecule has 0 saturated carbocycles. The summed E-state index contributed by atoms with van der Waals surface area (Å²) in [6.45, 7) is 0. The molecule has 0 atom stereocenters. The van der Waals surface area contributed by atoms with Gasteiger partial charge in [-0.1, -0.05) is 84.9 Å². The number of fused-ring (bicyclic) bond motifs is 2. The fraction of sp³-hybridized carbons (Fsp3) is 0. The SMILES string of the molecule is S=C(NN=Cc1cccc2ccccc12)NN=Cc1cccc2ccccc12. The van der Waals surface area contributed by atoms with Gasteiger partial charge in [-0.2, -0.15) is 10.2 Å². The Morgan fingerprint density at radius 2 is 1.04 bits per heavy atom. The standard InChI is InChI=1S/C23H18N4S/c28-23(26-24-15-19-11-5-9-17-7-1-3-13-21(17)19)27-25-16-20-12-6-10-18-8-2-4-14-22(18)20/h1-16H,(H2,26,27,28). The first-order chi connectivity index (χ1) is 13.8. The molecule has 0 aliphatic carbocycles. The Labute approximate surface area is 168 Å². The van der Waals surface area contributed by atoms with Crippen LogP contribution in [0, 0.1) is 0 Å². The molecule has 2 N–H and O–H groups in total. The summed E-state index contributed by atoms with van der Waals surface area (Å²) >= 11 is 5.23. The number of nitrogens with zero attached hydrogens (tertiary/aromatic N) is 2. The van der Waals surface area contributed by atoms with Crippen molar-refractivity contribution in [2.45, 2.75) is 0 Å². The van der Waals surface area contributed by atoms with Crippen LogP contribution in [0.15, 0.2) is 95.1 Å². The van der Waals surface area contributed by atoms with E-state index in [0.717, 1.165) is 21.9 Å². The first-order valence-corrected chi connectivity index (χ1v) is 9.30. The van der Waals surface area contributed by atoms with E-state index in [9.17, 15) is 0 Å². The van der Waals surface area contributed by atoms with E-state index in [1.165, 1.54) is 10.8 Å². The molecule has 0 aliphatic heterocycles. The second-order valence-corrected chi connectivity index (χ2v) is 6.61. The van der Waals surface area contributed by atoms with Crippen LogP contribution in [-0.2, 0) is 0 Å². The van der Waals surface area contributed by atoms with Gasteiger partial charge in [-0.05, 0) is 33.8 Å². The third kappa shape index (κ3) is 4.05. The van der Waals surface area contributed by atoms with Crippen molar-refractivity contribution in [3.05, 3.63) is 96.1 Å². The molecule has 4 aromatic rings. The number of thiocarbonyl (C=S) groups is 1. The van der Waals surface area contributed by atoms with E-state index in [2.05, 4.69) is 57.5 Å². The van der Waals surface area contributed by atoms with Crippen LogP contribution in [0.3, 0.4) is 0 Å². The molecule has 0 bridgehead atoms. The second kappa shape index (κ2) is 8.41. The van der Waals surface area contributed by atoms with Gasteiger partial charge in [-0.15, -0.1) is 0 Å². The highest BCUT2D eigenvalue weighted by Crippen LogP contribution is 2.17. The van der Waals surface area contributed by atoms with Crippen molar-refractivity contribution in [2.75, 3.05) is 0 Å². The molecule has 4 aromatic carbocycles. The highest BCUT2D eigenvalue weighted by atomic mass is 32.1. The van der Waals surface area contributed by atoms with E-state index in [1.54, 1.807) is 12.4 Å². The van der Waals surface area contributed by atoms with E-state index in [0.29, 0.717) is 5.11 Å². The third-order valence-electron chi connectivity index (χ3n) is 4.39. The van der Waals surface area contributed by atoms with E-state index in [-0.39, 0.29) is 0 Å². The summed E-state index contributed by atoms with van der Waals surface area (Å²) in [5.74, 6) is 0. The van der Waals surface area contributed by atoms with Crippen LogP contribution in [0.5, 0.6) is 0 Å². The molecule has 5 heteroatoms. The lowest BCUT2D eigenvalue weighted by molar-refractivity contribution is 0.935. The van der Waals surface area contributed by atoms with Gasteiger partial charge in [-0.25, -0.2) is 0 Å². The molecule has 0 aliphatic rings. The Hall–Kier alpha value is -3.57. The highest BCUT2D eigenvalue weighted by molar-refractivity contribution is 7.80. The van der Waals surface area contributed by atoms with Crippen LogP contribution in [0.25, 0.3) is 21.5 Å². The lowest BCUT2D eigenvalue weighted by atomic mass is 10.1. The molecule has 0 heterocycles. The van der Waals surface area contributed by atoms with Crippen LogP contribution in [0.1, 0.15) is 11.1 Å². The van der Waals surface area contributed by atoms with E-state index < -0.39 is 0 Å².